The maximum absolute atomic E-state index is 13.8. The lowest BCUT2D eigenvalue weighted by atomic mass is 10.2. The van der Waals surface area contributed by atoms with Gasteiger partial charge >= 0.3 is 6.18 Å². The molecule has 0 unspecified atom stereocenters. The number of aromatic nitrogens is 6. The highest BCUT2D eigenvalue weighted by atomic mass is 35.5. The van der Waals surface area contributed by atoms with Crippen molar-refractivity contribution in [1.82, 2.24) is 29.8 Å². The van der Waals surface area contributed by atoms with E-state index < -0.39 is 23.3 Å². The number of alkyl halides is 3. The lowest BCUT2D eigenvalue weighted by Gasteiger charge is -2.13. The highest BCUT2D eigenvalue weighted by molar-refractivity contribution is 6.32. The summed E-state index contributed by atoms with van der Waals surface area (Å²) in [4.78, 5) is 17.8. The number of anilines is 1. The zero-order valence-corrected chi connectivity index (χ0v) is 16.5. The van der Waals surface area contributed by atoms with Crippen LogP contribution in [0.25, 0.3) is 11.5 Å². The van der Waals surface area contributed by atoms with E-state index in [1.807, 2.05) is 6.07 Å². The van der Waals surface area contributed by atoms with E-state index >= 15 is 0 Å². The van der Waals surface area contributed by atoms with Gasteiger partial charge in [0.1, 0.15) is 0 Å². The van der Waals surface area contributed by atoms with Gasteiger partial charge in [0, 0.05) is 0 Å². The molecular weight excluding hydrogens is 449 g/mol. The van der Waals surface area contributed by atoms with Gasteiger partial charge in [0.05, 0.1) is 58.4 Å². The minimum Gasteiger partial charge on any atom is -0.320 e. The third-order valence-corrected chi connectivity index (χ3v) is 4.47. The fourth-order valence-electron chi connectivity index (χ4n) is 2.86. The van der Waals surface area contributed by atoms with Crippen molar-refractivity contribution in [2.45, 2.75) is 6.18 Å². The molecule has 0 radical (unpaired) electrons. The average Bonchev–Trinajstić information content (AvgIpc) is 3.44. The monoisotopic (exact) mass is 458 g/mol. The zero-order chi connectivity index (χ0) is 22.9. The Labute approximate surface area is 182 Å². The van der Waals surface area contributed by atoms with Crippen LogP contribution in [0.3, 0.4) is 0 Å². The van der Waals surface area contributed by atoms with Gasteiger partial charge in [-0.3, -0.25) is 4.79 Å². The van der Waals surface area contributed by atoms with Crippen LogP contribution in [0.5, 0.6) is 0 Å². The van der Waals surface area contributed by atoms with Crippen molar-refractivity contribution in [3.8, 4) is 17.6 Å². The van der Waals surface area contributed by atoms with E-state index in [0.717, 1.165) is 11.0 Å². The summed E-state index contributed by atoms with van der Waals surface area (Å²) >= 11 is 6.13. The molecule has 0 bridgehead atoms. The molecule has 9 nitrogen and oxygen atoms in total. The highest BCUT2D eigenvalue weighted by Gasteiger charge is 2.40. The third-order valence-electron chi connectivity index (χ3n) is 4.19. The van der Waals surface area contributed by atoms with Crippen molar-refractivity contribution in [2.24, 2.45) is 0 Å². The van der Waals surface area contributed by atoms with Crippen LogP contribution in [0.15, 0.2) is 55.1 Å². The van der Waals surface area contributed by atoms with Crippen LogP contribution in [0.2, 0.25) is 5.02 Å². The number of benzene rings is 1. The number of hydrogen-bond donors (Lipinski definition) is 1. The predicted molar refractivity (Wildman–Crippen MR) is 105 cm³/mol. The number of amides is 1. The first-order valence-electron chi connectivity index (χ1n) is 8.77. The average molecular weight is 459 g/mol. The molecule has 3 aromatic heterocycles. The summed E-state index contributed by atoms with van der Waals surface area (Å²) in [7, 11) is 0. The van der Waals surface area contributed by atoms with E-state index in [9.17, 15) is 18.0 Å². The van der Waals surface area contributed by atoms with Crippen molar-refractivity contribution in [2.75, 3.05) is 5.32 Å². The van der Waals surface area contributed by atoms with Gasteiger partial charge in [-0.15, -0.1) is 4.80 Å². The Balaban J connectivity index is 1.68. The fraction of sp³-hybridized carbons (Fsp3) is 0.0526. The molecule has 4 aromatic rings. The Morgan fingerprint density at radius 1 is 1.12 bits per heavy atom. The van der Waals surface area contributed by atoms with E-state index in [1.165, 1.54) is 48.9 Å². The van der Waals surface area contributed by atoms with Crippen molar-refractivity contribution >= 4 is 23.2 Å². The van der Waals surface area contributed by atoms with Crippen LogP contribution < -0.4 is 5.32 Å². The van der Waals surface area contributed by atoms with Crippen molar-refractivity contribution in [3.05, 3.63) is 77.0 Å². The molecule has 1 N–H and O–H groups in total. The van der Waals surface area contributed by atoms with Gasteiger partial charge in [-0.05, 0) is 24.3 Å². The van der Waals surface area contributed by atoms with Crippen LogP contribution in [-0.2, 0) is 6.18 Å². The molecule has 0 fully saturated rings. The molecule has 0 atom stereocenters. The molecule has 3 heterocycles. The zero-order valence-electron chi connectivity index (χ0n) is 15.7. The maximum Gasteiger partial charge on any atom is 0.434 e. The Morgan fingerprint density at radius 3 is 2.53 bits per heavy atom. The van der Waals surface area contributed by atoms with Crippen molar-refractivity contribution in [3.63, 3.8) is 0 Å². The normalized spacial score (nSPS) is 11.2. The second kappa shape index (κ2) is 8.12. The number of nitriles is 1. The van der Waals surface area contributed by atoms with E-state index in [0.29, 0.717) is 4.68 Å². The molecule has 1 amide bonds. The molecule has 0 aliphatic heterocycles. The molecule has 1 aromatic carbocycles. The van der Waals surface area contributed by atoms with Gasteiger partial charge < -0.3 is 5.32 Å². The Bertz CT molecular complexity index is 1340. The summed E-state index contributed by atoms with van der Waals surface area (Å²) in [5, 5.41) is 22.9. The van der Waals surface area contributed by atoms with E-state index in [2.05, 4.69) is 25.6 Å². The van der Waals surface area contributed by atoms with Gasteiger partial charge in [0.25, 0.3) is 5.91 Å². The lowest BCUT2D eigenvalue weighted by Crippen LogP contribution is -2.21. The van der Waals surface area contributed by atoms with Crippen LogP contribution >= 0.6 is 11.6 Å². The number of pyridine rings is 1. The number of carbonyl (C=O) groups is 1. The number of nitrogens with zero attached hydrogens (tertiary/aromatic N) is 7. The summed E-state index contributed by atoms with van der Waals surface area (Å²) in [6.45, 7) is 0. The molecule has 0 spiro atoms. The molecule has 0 aliphatic carbocycles. The molecule has 0 aliphatic rings. The predicted octanol–water partition coefficient (Wildman–Crippen LogP) is 3.64. The number of hydrogen-bond acceptors (Lipinski definition) is 6. The van der Waals surface area contributed by atoms with Crippen LogP contribution in [-0.4, -0.2) is 35.7 Å². The molecule has 32 heavy (non-hydrogen) atoms. The van der Waals surface area contributed by atoms with Crippen molar-refractivity contribution in [1.29, 1.82) is 5.26 Å². The fourth-order valence-corrected chi connectivity index (χ4v) is 3.10. The Hall–Kier alpha value is -4.24. The summed E-state index contributed by atoms with van der Waals surface area (Å²) < 4.78 is 42.0. The number of rotatable bonds is 4. The first kappa shape index (κ1) is 21.0. The SMILES string of the molecule is N#Cc1cccc(-n2ncc(C(=O)Nc3cnc(-n4nccn4)c(Cl)c3)c2C(F)(F)F)c1. The van der Waals surface area contributed by atoms with Gasteiger partial charge in [0.2, 0.25) is 0 Å². The minimum atomic E-state index is -4.91. The summed E-state index contributed by atoms with van der Waals surface area (Å²) in [5.74, 6) is -0.890. The van der Waals surface area contributed by atoms with Gasteiger partial charge in [-0.25, -0.2) is 9.67 Å². The van der Waals surface area contributed by atoms with Crippen molar-refractivity contribution < 1.29 is 18.0 Å². The smallest absolute Gasteiger partial charge is 0.320 e. The van der Waals surface area contributed by atoms with Gasteiger partial charge in [-0.1, -0.05) is 17.7 Å². The lowest BCUT2D eigenvalue weighted by molar-refractivity contribution is -0.143. The molecule has 4 rings (SSSR count). The van der Waals surface area contributed by atoms with Crippen LogP contribution in [0.4, 0.5) is 18.9 Å². The molecule has 0 saturated carbocycles. The molecule has 160 valence electrons. The van der Waals surface area contributed by atoms with Gasteiger partial charge in [0.15, 0.2) is 11.5 Å². The minimum absolute atomic E-state index is 0.0174. The number of carbonyl (C=O) groups excluding carboxylic acids is 1. The first-order chi connectivity index (χ1) is 15.3. The standard InChI is InChI=1S/C19H10ClF3N8O/c20-15-7-12(9-25-17(15)31-26-4-5-27-31)29-18(32)14-10-28-30(16(14)19(21,22)23)13-3-1-2-11(6-13)8-24/h1-7,9-10H,(H,29,32). The first-order valence-corrected chi connectivity index (χ1v) is 9.15. The second-order valence-electron chi connectivity index (χ2n) is 6.28. The Morgan fingerprint density at radius 2 is 1.88 bits per heavy atom. The van der Waals surface area contributed by atoms with E-state index in [4.69, 9.17) is 16.9 Å². The quantitative estimate of drug-likeness (QED) is 0.499. The number of nitrogens with one attached hydrogen (secondary N) is 1. The topological polar surface area (TPSA) is 114 Å². The van der Waals surface area contributed by atoms with E-state index in [-0.39, 0.29) is 27.8 Å². The molecule has 0 saturated heterocycles. The highest BCUT2D eigenvalue weighted by Crippen LogP contribution is 2.34. The van der Waals surface area contributed by atoms with E-state index in [1.54, 1.807) is 0 Å². The maximum atomic E-state index is 13.8. The van der Waals surface area contributed by atoms with Crippen LogP contribution in [0.1, 0.15) is 21.6 Å². The summed E-state index contributed by atoms with van der Waals surface area (Å²) in [6.07, 6.45) is -0.0746. The van der Waals surface area contributed by atoms with Crippen LogP contribution in [0, 0.1) is 11.3 Å². The number of halogens is 4. The molecular formula is C19H10ClF3N8O. The summed E-state index contributed by atoms with van der Waals surface area (Å²) in [5.41, 5.74) is -1.82. The second-order valence-corrected chi connectivity index (χ2v) is 6.69. The third kappa shape index (κ3) is 4.01. The summed E-state index contributed by atoms with van der Waals surface area (Å²) in [6, 6.07) is 8.58. The largest absolute Gasteiger partial charge is 0.434 e. The molecule has 13 heteroatoms. The van der Waals surface area contributed by atoms with Gasteiger partial charge in [-0.2, -0.15) is 33.7 Å². The Kier molecular flexibility index (Phi) is 5.33.